The zero-order chi connectivity index (χ0) is 33.0. The van der Waals surface area contributed by atoms with Crippen LogP contribution in [0.2, 0.25) is 0 Å². The van der Waals surface area contributed by atoms with E-state index < -0.39 is 66.0 Å². The van der Waals surface area contributed by atoms with Crippen molar-refractivity contribution in [3.63, 3.8) is 0 Å². The first-order chi connectivity index (χ1) is 20.6. The molecule has 1 fully saturated rings. The number of nitrogens with zero attached hydrogens (tertiary/aromatic N) is 1. The Morgan fingerprint density at radius 3 is 2.11 bits per heavy atom. The van der Waals surface area contributed by atoms with Gasteiger partial charge in [0.05, 0.1) is 6.54 Å². The average molecular weight is 618 g/mol. The van der Waals surface area contributed by atoms with Crippen LogP contribution in [0.3, 0.4) is 0 Å². The highest BCUT2D eigenvalue weighted by Gasteiger charge is 2.39. The van der Waals surface area contributed by atoms with Crippen LogP contribution >= 0.6 is 0 Å². The summed E-state index contributed by atoms with van der Waals surface area (Å²) >= 11 is 0. The van der Waals surface area contributed by atoms with Crippen LogP contribution in [-0.2, 0) is 40.1 Å². The number of nitrogens with one attached hydrogen (secondary N) is 4. The normalized spacial score (nSPS) is 16.1. The van der Waals surface area contributed by atoms with Gasteiger partial charge in [-0.05, 0) is 51.0 Å². The average Bonchev–Trinajstić information content (AvgIpc) is 3.44. The maximum Gasteiger partial charge on any atom is 0.408 e. The van der Waals surface area contributed by atoms with Gasteiger partial charge in [-0.2, -0.15) is 0 Å². The summed E-state index contributed by atoms with van der Waals surface area (Å²) in [4.78, 5) is 77.7. The second-order valence-electron chi connectivity index (χ2n) is 12.4. The van der Waals surface area contributed by atoms with Gasteiger partial charge in [0.2, 0.25) is 23.6 Å². The zero-order valence-corrected chi connectivity index (χ0v) is 26.7. The Balaban J connectivity index is 1.88. The summed E-state index contributed by atoms with van der Waals surface area (Å²) in [5, 5.41) is 10.2. The number of rotatable bonds is 13. The molecule has 1 aliphatic heterocycles. The van der Waals surface area contributed by atoms with Gasteiger partial charge in [-0.3, -0.25) is 24.0 Å². The van der Waals surface area contributed by atoms with E-state index in [1.54, 1.807) is 48.5 Å². The van der Waals surface area contributed by atoms with E-state index in [0.29, 0.717) is 19.4 Å². The van der Waals surface area contributed by atoms with E-state index in [4.69, 9.17) is 9.47 Å². The fourth-order valence-corrected chi connectivity index (χ4v) is 4.53. The number of likely N-dealkylation sites (tertiary alicyclic amines) is 1. The van der Waals surface area contributed by atoms with Gasteiger partial charge in [-0.1, -0.05) is 58.0 Å². The lowest BCUT2D eigenvalue weighted by molar-refractivity contribution is -0.145. The first-order valence-corrected chi connectivity index (χ1v) is 14.9. The molecule has 1 aromatic rings. The van der Waals surface area contributed by atoms with Gasteiger partial charge in [0.1, 0.15) is 36.9 Å². The first kappa shape index (κ1) is 36.0. The number of carbonyl (C=O) groups excluding carboxylic acids is 6. The molecule has 0 aromatic heterocycles. The molecule has 1 aromatic carbocycles. The summed E-state index contributed by atoms with van der Waals surface area (Å²) in [7, 11) is 0. The predicted octanol–water partition coefficient (Wildman–Crippen LogP) is 1.64. The van der Waals surface area contributed by atoms with Gasteiger partial charge < -0.3 is 35.6 Å². The summed E-state index contributed by atoms with van der Waals surface area (Å²) in [5.41, 5.74) is 0.0680. The summed E-state index contributed by atoms with van der Waals surface area (Å²) < 4.78 is 10.5. The van der Waals surface area contributed by atoms with Gasteiger partial charge in [0.15, 0.2) is 0 Å². The second kappa shape index (κ2) is 16.6. The quantitative estimate of drug-likeness (QED) is 0.242. The zero-order valence-electron chi connectivity index (χ0n) is 26.7. The molecule has 0 aliphatic carbocycles. The van der Waals surface area contributed by atoms with Crippen molar-refractivity contribution in [3.8, 4) is 0 Å². The minimum absolute atomic E-state index is 0.0714. The molecule has 0 bridgehead atoms. The Kier molecular flexibility index (Phi) is 13.6. The van der Waals surface area contributed by atoms with Crippen molar-refractivity contribution in [2.24, 2.45) is 11.8 Å². The van der Waals surface area contributed by atoms with E-state index in [2.05, 4.69) is 21.3 Å². The number of amides is 5. The molecule has 13 heteroatoms. The van der Waals surface area contributed by atoms with Gasteiger partial charge in [0.25, 0.3) is 0 Å². The van der Waals surface area contributed by atoms with Crippen LogP contribution in [-0.4, -0.2) is 84.0 Å². The van der Waals surface area contributed by atoms with Crippen molar-refractivity contribution < 1.29 is 38.2 Å². The van der Waals surface area contributed by atoms with Crippen LogP contribution in [0.5, 0.6) is 0 Å². The fourth-order valence-electron chi connectivity index (χ4n) is 4.53. The molecule has 1 saturated heterocycles. The number of benzene rings is 1. The Hall–Kier alpha value is -4.16. The third-order valence-electron chi connectivity index (χ3n) is 6.78. The standard InChI is InChI=1S/C31H47N5O8/c1-19(2)25(28(40)33-17-24(38)43-18-21-12-9-8-10-13-21)34-23(37)16-32-27(39)22-14-11-15-36(22)29(41)26(20(3)4)35-30(42)44-31(5,6)7/h8-10,12-13,19-20,22,25-26H,11,14-18H2,1-7H3,(H,32,39)(H,33,40)(H,34,37)(H,35,42)/t22-,25-,26-/m0/s1. The van der Waals surface area contributed by atoms with Crippen LogP contribution in [0.15, 0.2) is 30.3 Å². The van der Waals surface area contributed by atoms with E-state index in [1.165, 1.54) is 4.90 Å². The number of hydrogen-bond acceptors (Lipinski definition) is 8. The smallest absolute Gasteiger partial charge is 0.408 e. The molecular formula is C31H47N5O8. The number of carbonyl (C=O) groups is 6. The molecule has 244 valence electrons. The lowest BCUT2D eigenvalue weighted by Gasteiger charge is -2.31. The monoisotopic (exact) mass is 617 g/mol. The van der Waals surface area contributed by atoms with Crippen molar-refractivity contribution in [3.05, 3.63) is 35.9 Å². The Labute approximate surface area is 259 Å². The summed E-state index contributed by atoms with van der Waals surface area (Å²) in [5.74, 6) is -3.31. The Bertz CT molecular complexity index is 1170. The molecule has 4 N–H and O–H groups in total. The van der Waals surface area contributed by atoms with Crippen LogP contribution in [0.25, 0.3) is 0 Å². The lowest BCUT2D eigenvalue weighted by Crippen LogP contribution is -2.56. The van der Waals surface area contributed by atoms with Crippen LogP contribution in [0.1, 0.15) is 66.9 Å². The molecule has 2 rings (SSSR count). The highest BCUT2D eigenvalue weighted by molar-refractivity contribution is 5.94. The number of alkyl carbamates (subject to hydrolysis) is 1. The Morgan fingerprint density at radius 1 is 0.886 bits per heavy atom. The highest BCUT2D eigenvalue weighted by atomic mass is 16.6. The maximum absolute atomic E-state index is 13.4. The minimum atomic E-state index is -0.961. The SMILES string of the molecule is CC(C)[C@H](NC(=O)CNC(=O)[C@@H]1CCCN1C(=O)[C@@H](NC(=O)OC(C)(C)C)C(C)C)C(=O)NCC(=O)OCc1ccccc1. The molecule has 0 spiro atoms. The van der Waals surface area contributed by atoms with Crippen molar-refractivity contribution in [1.29, 1.82) is 0 Å². The Morgan fingerprint density at radius 2 is 1.52 bits per heavy atom. The molecule has 5 amide bonds. The fraction of sp³-hybridized carbons (Fsp3) is 0.613. The predicted molar refractivity (Wildman–Crippen MR) is 162 cm³/mol. The first-order valence-electron chi connectivity index (χ1n) is 14.9. The molecule has 1 aliphatic rings. The molecular weight excluding hydrogens is 570 g/mol. The highest BCUT2D eigenvalue weighted by Crippen LogP contribution is 2.21. The summed E-state index contributed by atoms with van der Waals surface area (Å²) in [6, 6.07) is 6.43. The van der Waals surface area contributed by atoms with Crippen molar-refractivity contribution in [2.45, 2.75) is 91.6 Å². The van der Waals surface area contributed by atoms with Gasteiger partial charge in [-0.15, -0.1) is 0 Å². The number of esters is 1. The largest absolute Gasteiger partial charge is 0.460 e. The molecule has 0 unspecified atom stereocenters. The second-order valence-corrected chi connectivity index (χ2v) is 12.4. The minimum Gasteiger partial charge on any atom is -0.460 e. The molecule has 3 atom stereocenters. The van der Waals surface area contributed by atoms with E-state index in [-0.39, 0.29) is 25.0 Å². The van der Waals surface area contributed by atoms with Crippen LogP contribution in [0, 0.1) is 11.8 Å². The van der Waals surface area contributed by atoms with Crippen molar-refractivity contribution >= 4 is 35.7 Å². The third kappa shape index (κ3) is 11.8. The van der Waals surface area contributed by atoms with Gasteiger partial charge >= 0.3 is 12.1 Å². The maximum atomic E-state index is 13.4. The summed E-state index contributed by atoms with van der Waals surface area (Å²) in [6.07, 6.45) is 0.249. The molecule has 13 nitrogen and oxygen atoms in total. The lowest BCUT2D eigenvalue weighted by atomic mass is 10.0. The van der Waals surface area contributed by atoms with Crippen LogP contribution < -0.4 is 21.3 Å². The summed E-state index contributed by atoms with van der Waals surface area (Å²) in [6.45, 7) is 11.8. The van der Waals surface area contributed by atoms with Gasteiger partial charge in [0, 0.05) is 6.54 Å². The van der Waals surface area contributed by atoms with E-state index in [0.717, 1.165) is 5.56 Å². The molecule has 44 heavy (non-hydrogen) atoms. The van der Waals surface area contributed by atoms with Crippen LogP contribution in [0.4, 0.5) is 4.79 Å². The van der Waals surface area contributed by atoms with Gasteiger partial charge in [-0.25, -0.2) is 4.79 Å². The topological polar surface area (TPSA) is 172 Å². The number of ether oxygens (including phenoxy) is 2. The van der Waals surface area contributed by atoms with Crippen molar-refractivity contribution in [2.75, 3.05) is 19.6 Å². The molecule has 0 saturated carbocycles. The molecule has 0 radical (unpaired) electrons. The van der Waals surface area contributed by atoms with E-state index in [9.17, 15) is 28.8 Å². The third-order valence-corrected chi connectivity index (χ3v) is 6.78. The number of hydrogen-bond donors (Lipinski definition) is 4. The van der Waals surface area contributed by atoms with Crippen molar-refractivity contribution in [1.82, 2.24) is 26.2 Å². The molecule has 1 heterocycles. The van der Waals surface area contributed by atoms with E-state index >= 15 is 0 Å². The van der Waals surface area contributed by atoms with E-state index in [1.807, 2.05) is 30.3 Å².